The smallest absolute Gasteiger partial charge is 0.313 e. The van der Waals surface area contributed by atoms with Crippen molar-refractivity contribution < 1.29 is 4.79 Å². The minimum atomic E-state index is -0.334. The molecule has 9 nitrogen and oxygen atoms in total. The number of anilines is 2. The first-order valence-electron chi connectivity index (χ1n) is 10.3. The van der Waals surface area contributed by atoms with Crippen LogP contribution in [0.3, 0.4) is 0 Å². The number of hydrogen-bond donors (Lipinski definition) is 3. The van der Waals surface area contributed by atoms with E-state index in [2.05, 4.69) is 20.7 Å². The number of carbonyl (C=O) groups is 1. The summed E-state index contributed by atoms with van der Waals surface area (Å²) in [6.07, 6.45) is 2.59. The lowest BCUT2D eigenvalue weighted by Gasteiger charge is -2.13. The van der Waals surface area contributed by atoms with Gasteiger partial charge in [-0.2, -0.15) is 9.47 Å². The summed E-state index contributed by atoms with van der Waals surface area (Å²) in [4.78, 5) is 30.8. The van der Waals surface area contributed by atoms with Gasteiger partial charge in [0.2, 0.25) is 5.91 Å². The van der Waals surface area contributed by atoms with E-state index in [0.29, 0.717) is 29.0 Å². The van der Waals surface area contributed by atoms with Crippen LogP contribution in [0.25, 0.3) is 10.9 Å². The lowest BCUT2D eigenvalue weighted by Crippen LogP contribution is -2.32. The summed E-state index contributed by atoms with van der Waals surface area (Å²) >= 11 is 0. The van der Waals surface area contributed by atoms with Gasteiger partial charge in [-0.3, -0.25) is 9.59 Å². The zero-order valence-electron chi connectivity index (χ0n) is 18.0. The molecule has 0 fully saturated rings. The molecule has 164 valence electrons. The van der Waals surface area contributed by atoms with Crippen LogP contribution in [-0.2, 0) is 17.6 Å². The monoisotopic (exact) mass is 431 g/mol. The summed E-state index contributed by atoms with van der Waals surface area (Å²) in [7, 11) is 1.59. The summed E-state index contributed by atoms with van der Waals surface area (Å²) < 4.78 is 1.43. The van der Waals surface area contributed by atoms with Gasteiger partial charge >= 0.3 is 5.56 Å². The zero-order chi connectivity index (χ0) is 22.7. The Bertz CT molecular complexity index is 1330. The minimum Gasteiger partial charge on any atom is -0.382 e. The minimum absolute atomic E-state index is 0.106. The molecule has 2 aromatic carbocycles. The molecule has 0 saturated carbocycles. The zero-order valence-corrected chi connectivity index (χ0v) is 18.0. The van der Waals surface area contributed by atoms with Crippen LogP contribution in [-0.4, -0.2) is 39.0 Å². The largest absolute Gasteiger partial charge is 0.382 e. The van der Waals surface area contributed by atoms with Gasteiger partial charge in [0.1, 0.15) is 0 Å². The highest BCUT2D eigenvalue weighted by molar-refractivity contribution is 5.90. The molecule has 4 N–H and O–H groups in total. The molecule has 4 aromatic rings. The van der Waals surface area contributed by atoms with Crippen LogP contribution in [0.1, 0.15) is 16.8 Å². The second-order valence-corrected chi connectivity index (χ2v) is 7.50. The second kappa shape index (κ2) is 8.93. The average molecular weight is 432 g/mol. The van der Waals surface area contributed by atoms with Crippen LogP contribution < -0.4 is 21.9 Å². The molecule has 0 spiro atoms. The number of nitrogens with one attached hydrogen (secondary N) is 2. The van der Waals surface area contributed by atoms with Crippen molar-refractivity contribution in [2.45, 2.75) is 19.8 Å². The van der Waals surface area contributed by atoms with Gasteiger partial charge in [-0.25, -0.2) is 4.98 Å². The maximum Gasteiger partial charge on any atom is 0.313 e. The highest BCUT2D eigenvalue weighted by Gasteiger charge is 2.16. The van der Waals surface area contributed by atoms with Crippen molar-refractivity contribution >= 4 is 28.4 Å². The number of amides is 1. The molecule has 32 heavy (non-hydrogen) atoms. The number of fused-ring (bicyclic) bond motifs is 1. The van der Waals surface area contributed by atoms with E-state index in [9.17, 15) is 9.59 Å². The number of carbonyl (C=O) groups excluding carboxylic acids is 1. The highest BCUT2D eigenvalue weighted by atomic mass is 16.1. The molecular formula is C23H25N7O2. The standard InChI is InChI=1S/C23H25N7O2/c1-15-14-27-22(26-11-10-16-6-4-3-5-7-16)23(32)29(15)30-19-12-17(13-20(31)25-2)8-9-18(19)21(24)28-30/h3-9,12,14H,10-11,13H2,1-2H3,(H2,24,28)(H,25,31)(H,26,27). The number of hydrogen-bond acceptors (Lipinski definition) is 6. The van der Waals surface area contributed by atoms with E-state index in [1.165, 1.54) is 15.0 Å². The molecular weight excluding hydrogens is 406 g/mol. The summed E-state index contributed by atoms with van der Waals surface area (Å²) in [6, 6.07) is 15.5. The normalized spacial score (nSPS) is 10.9. The van der Waals surface area contributed by atoms with Crippen molar-refractivity contribution in [3.05, 3.63) is 81.9 Å². The van der Waals surface area contributed by atoms with Crippen LogP contribution in [0.5, 0.6) is 0 Å². The molecule has 0 aliphatic heterocycles. The van der Waals surface area contributed by atoms with E-state index in [4.69, 9.17) is 5.73 Å². The molecule has 0 bridgehead atoms. The van der Waals surface area contributed by atoms with E-state index in [0.717, 1.165) is 12.0 Å². The summed E-state index contributed by atoms with van der Waals surface area (Å²) in [5.74, 6) is 0.425. The predicted molar refractivity (Wildman–Crippen MR) is 125 cm³/mol. The Labute approximate surface area is 184 Å². The van der Waals surface area contributed by atoms with Gasteiger partial charge in [-0.1, -0.05) is 36.4 Å². The van der Waals surface area contributed by atoms with Crippen LogP contribution >= 0.6 is 0 Å². The van der Waals surface area contributed by atoms with E-state index in [1.54, 1.807) is 20.2 Å². The SMILES string of the molecule is CNC(=O)Cc1ccc2c(N)nn(-n3c(C)cnc(NCCc4ccccc4)c3=O)c2c1. The van der Waals surface area contributed by atoms with Crippen LogP contribution in [0, 0.1) is 6.92 Å². The molecule has 0 atom stereocenters. The topological polar surface area (TPSA) is 120 Å². The van der Waals surface area contributed by atoms with Crippen LogP contribution in [0.2, 0.25) is 0 Å². The Hall–Kier alpha value is -4.14. The first-order chi connectivity index (χ1) is 15.5. The van der Waals surface area contributed by atoms with Gasteiger partial charge in [0, 0.05) is 19.0 Å². The van der Waals surface area contributed by atoms with E-state index < -0.39 is 0 Å². The van der Waals surface area contributed by atoms with Gasteiger partial charge in [0.15, 0.2) is 11.6 Å². The van der Waals surface area contributed by atoms with Crippen molar-refractivity contribution in [1.82, 2.24) is 24.9 Å². The van der Waals surface area contributed by atoms with Crippen molar-refractivity contribution in [2.75, 3.05) is 24.6 Å². The summed E-state index contributed by atoms with van der Waals surface area (Å²) in [6.45, 7) is 2.34. The van der Waals surface area contributed by atoms with Gasteiger partial charge in [0.05, 0.1) is 23.8 Å². The number of aryl methyl sites for hydroxylation is 1. The van der Waals surface area contributed by atoms with Crippen molar-refractivity contribution in [2.24, 2.45) is 0 Å². The van der Waals surface area contributed by atoms with E-state index >= 15 is 0 Å². The number of nitrogens with zero attached hydrogens (tertiary/aromatic N) is 4. The van der Waals surface area contributed by atoms with Crippen LogP contribution in [0.4, 0.5) is 11.6 Å². The fourth-order valence-corrected chi connectivity index (χ4v) is 3.56. The molecule has 0 aliphatic carbocycles. The third-order valence-electron chi connectivity index (χ3n) is 5.25. The van der Waals surface area contributed by atoms with Crippen molar-refractivity contribution in [3.63, 3.8) is 0 Å². The number of aromatic nitrogens is 4. The number of rotatable bonds is 7. The van der Waals surface area contributed by atoms with Crippen molar-refractivity contribution in [1.29, 1.82) is 0 Å². The van der Waals surface area contributed by atoms with E-state index in [1.807, 2.05) is 48.5 Å². The molecule has 1 amide bonds. The Kier molecular flexibility index (Phi) is 5.89. The number of nitrogens with two attached hydrogens (primary N) is 1. The second-order valence-electron chi connectivity index (χ2n) is 7.50. The Morgan fingerprint density at radius 3 is 2.66 bits per heavy atom. The summed E-state index contributed by atoms with van der Waals surface area (Å²) in [5.41, 5.74) is 8.98. The Morgan fingerprint density at radius 2 is 1.91 bits per heavy atom. The molecule has 4 rings (SSSR count). The third-order valence-corrected chi connectivity index (χ3v) is 5.25. The maximum absolute atomic E-state index is 13.3. The van der Waals surface area contributed by atoms with Gasteiger partial charge in [-0.05, 0) is 36.6 Å². The van der Waals surface area contributed by atoms with Gasteiger partial charge in [-0.15, -0.1) is 5.10 Å². The van der Waals surface area contributed by atoms with Crippen LogP contribution in [0.15, 0.2) is 59.5 Å². The fraction of sp³-hybridized carbons (Fsp3) is 0.217. The lowest BCUT2D eigenvalue weighted by atomic mass is 10.1. The average Bonchev–Trinajstić information content (AvgIpc) is 3.11. The molecule has 2 aromatic heterocycles. The molecule has 9 heteroatoms. The van der Waals surface area contributed by atoms with Crippen molar-refractivity contribution in [3.8, 4) is 0 Å². The first kappa shape index (κ1) is 21.1. The molecule has 0 aliphatic rings. The quantitative estimate of drug-likeness (QED) is 0.410. The maximum atomic E-state index is 13.3. The van der Waals surface area contributed by atoms with Gasteiger partial charge < -0.3 is 16.4 Å². The number of likely N-dealkylation sites (N-methyl/N-ethyl adjacent to an activating group) is 1. The lowest BCUT2D eigenvalue weighted by molar-refractivity contribution is -0.119. The fourth-order valence-electron chi connectivity index (χ4n) is 3.56. The number of benzene rings is 2. The predicted octanol–water partition coefficient (Wildman–Crippen LogP) is 1.74. The summed E-state index contributed by atoms with van der Waals surface area (Å²) in [5, 5.41) is 10.8. The Morgan fingerprint density at radius 1 is 1.12 bits per heavy atom. The molecule has 0 unspecified atom stereocenters. The molecule has 2 heterocycles. The molecule has 0 saturated heterocycles. The third kappa shape index (κ3) is 4.18. The van der Waals surface area contributed by atoms with E-state index in [-0.39, 0.29) is 23.7 Å². The highest BCUT2D eigenvalue weighted by Crippen LogP contribution is 2.22. The molecule has 0 radical (unpaired) electrons. The first-order valence-corrected chi connectivity index (χ1v) is 10.3. The van der Waals surface area contributed by atoms with Gasteiger partial charge in [0.25, 0.3) is 0 Å². The number of nitrogen functional groups attached to an aromatic ring is 1. The Balaban J connectivity index is 1.69.